The van der Waals surface area contributed by atoms with Crippen LogP contribution in [0.3, 0.4) is 0 Å². The van der Waals surface area contributed by atoms with Crippen molar-refractivity contribution in [1.82, 2.24) is 5.32 Å². The molecule has 0 amide bonds. The highest BCUT2D eigenvalue weighted by Gasteiger charge is 2.14. The predicted molar refractivity (Wildman–Crippen MR) is 83.6 cm³/mol. The first-order chi connectivity index (χ1) is 9.92. The van der Waals surface area contributed by atoms with Gasteiger partial charge in [-0.15, -0.1) is 0 Å². The summed E-state index contributed by atoms with van der Waals surface area (Å²) in [6.45, 7) is 5.26. The van der Waals surface area contributed by atoms with E-state index in [-0.39, 0.29) is 0 Å². The summed E-state index contributed by atoms with van der Waals surface area (Å²) in [4.78, 5) is 2.43. The van der Waals surface area contributed by atoms with E-state index in [1.807, 2.05) is 0 Å². The van der Waals surface area contributed by atoms with Crippen LogP contribution < -0.4 is 15.0 Å². The molecule has 1 heterocycles. The van der Waals surface area contributed by atoms with Crippen LogP contribution in [0.4, 0.5) is 5.69 Å². The SMILES string of the molecule is c1cc(N2CCNCC2)ccc1OCC1CCCCC1. The molecule has 0 bridgehead atoms. The third-order valence-electron chi connectivity index (χ3n) is 4.53. The first-order valence-electron chi connectivity index (χ1n) is 8.10. The lowest BCUT2D eigenvalue weighted by molar-refractivity contribution is 0.209. The molecule has 3 nitrogen and oxygen atoms in total. The molecule has 1 aromatic rings. The van der Waals surface area contributed by atoms with Crippen LogP contribution in [0, 0.1) is 5.92 Å². The standard InChI is InChI=1S/C17H26N2O/c1-2-4-15(5-3-1)14-20-17-8-6-16(7-9-17)19-12-10-18-11-13-19/h6-9,15,18H,1-5,10-14H2. The van der Waals surface area contributed by atoms with Crippen molar-refractivity contribution in [2.75, 3.05) is 37.7 Å². The van der Waals surface area contributed by atoms with E-state index in [1.165, 1.54) is 37.8 Å². The largest absolute Gasteiger partial charge is 0.493 e. The maximum absolute atomic E-state index is 5.96. The highest BCUT2D eigenvalue weighted by Crippen LogP contribution is 2.25. The number of nitrogens with zero attached hydrogens (tertiary/aromatic N) is 1. The van der Waals surface area contributed by atoms with Gasteiger partial charge in [0.1, 0.15) is 5.75 Å². The van der Waals surface area contributed by atoms with Gasteiger partial charge in [-0.2, -0.15) is 0 Å². The summed E-state index contributed by atoms with van der Waals surface area (Å²) in [5, 5.41) is 3.39. The minimum absolute atomic E-state index is 0.775. The van der Waals surface area contributed by atoms with Crippen molar-refractivity contribution in [3.63, 3.8) is 0 Å². The minimum atomic E-state index is 0.775. The van der Waals surface area contributed by atoms with E-state index in [0.29, 0.717) is 0 Å². The van der Waals surface area contributed by atoms with Crippen LogP contribution in [0.5, 0.6) is 5.75 Å². The molecule has 3 heteroatoms. The quantitative estimate of drug-likeness (QED) is 0.913. The molecule has 0 radical (unpaired) electrons. The fourth-order valence-corrected chi connectivity index (χ4v) is 3.24. The van der Waals surface area contributed by atoms with E-state index < -0.39 is 0 Å². The molecule has 0 atom stereocenters. The van der Waals surface area contributed by atoms with Gasteiger partial charge in [-0.3, -0.25) is 0 Å². The molecule has 1 aromatic carbocycles. The summed E-state index contributed by atoms with van der Waals surface area (Å²) in [5.41, 5.74) is 1.32. The summed E-state index contributed by atoms with van der Waals surface area (Å²) >= 11 is 0. The summed E-state index contributed by atoms with van der Waals surface area (Å²) < 4.78 is 5.96. The van der Waals surface area contributed by atoms with Crippen LogP contribution in [0.2, 0.25) is 0 Å². The molecule has 2 aliphatic rings. The van der Waals surface area contributed by atoms with Gasteiger partial charge < -0.3 is 15.0 Å². The van der Waals surface area contributed by atoms with E-state index in [9.17, 15) is 0 Å². The lowest BCUT2D eigenvalue weighted by Gasteiger charge is -2.29. The molecule has 110 valence electrons. The zero-order valence-corrected chi connectivity index (χ0v) is 12.3. The van der Waals surface area contributed by atoms with E-state index in [0.717, 1.165) is 44.5 Å². The van der Waals surface area contributed by atoms with Gasteiger partial charge in [0, 0.05) is 31.9 Å². The zero-order valence-electron chi connectivity index (χ0n) is 12.3. The summed E-state index contributed by atoms with van der Waals surface area (Å²) in [7, 11) is 0. The van der Waals surface area contributed by atoms with Gasteiger partial charge in [0.25, 0.3) is 0 Å². The van der Waals surface area contributed by atoms with Gasteiger partial charge in [0.15, 0.2) is 0 Å². The molecule has 1 saturated carbocycles. The van der Waals surface area contributed by atoms with Gasteiger partial charge in [-0.05, 0) is 43.0 Å². The number of piperazine rings is 1. The topological polar surface area (TPSA) is 24.5 Å². The average Bonchev–Trinajstić information content (AvgIpc) is 2.55. The highest BCUT2D eigenvalue weighted by atomic mass is 16.5. The van der Waals surface area contributed by atoms with Crippen LogP contribution >= 0.6 is 0 Å². The van der Waals surface area contributed by atoms with Gasteiger partial charge in [0.05, 0.1) is 6.61 Å². The molecule has 0 unspecified atom stereocenters. The molecule has 1 aliphatic carbocycles. The van der Waals surface area contributed by atoms with Crippen LogP contribution in [0.15, 0.2) is 24.3 Å². The van der Waals surface area contributed by atoms with E-state index >= 15 is 0 Å². The van der Waals surface area contributed by atoms with Crippen LogP contribution in [-0.2, 0) is 0 Å². The Morgan fingerprint density at radius 3 is 2.40 bits per heavy atom. The first-order valence-corrected chi connectivity index (χ1v) is 8.10. The Labute approximate surface area is 122 Å². The van der Waals surface area contributed by atoms with Gasteiger partial charge in [0.2, 0.25) is 0 Å². The van der Waals surface area contributed by atoms with Crippen molar-refractivity contribution in [2.45, 2.75) is 32.1 Å². The van der Waals surface area contributed by atoms with Crippen molar-refractivity contribution < 1.29 is 4.74 Å². The summed E-state index contributed by atoms with van der Waals surface area (Å²) in [6, 6.07) is 8.64. The molecule has 20 heavy (non-hydrogen) atoms. The van der Waals surface area contributed by atoms with E-state index in [2.05, 4.69) is 34.5 Å². The Morgan fingerprint density at radius 2 is 1.70 bits per heavy atom. The average molecular weight is 274 g/mol. The Bertz CT molecular complexity index is 392. The normalized spacial score (nSPS) is 20.9. The van der Waals surface area contributed by atoms with E-state index in [1.54, 1.807) is 0 Å². The minimum Gasteiger partial charge on any atom is -0.493 e. The smallest absolute Gasteiger partial charge is 0.119 e. The maximum atomic E-state index is 5.96. The Balaban J connectivity index is 1.50. The number of hydrogen-bond acceptors (Lipinski definition) is 3. The summed E-state index contributed by atoms with van der Waals surface area (Å²) in [5.74, 6) is 1.80. The van der Waals surface area contributed by atoms with Crippen molar-refractivity contribution in [1.29, 1.82) is 0 Å². The molecule has 0 spiro atoms. The second kappa shape index (κ2) is 6.98. The number of ether oxygens (including phenoxy) is 1. The number of anilines is 1. The second-order valence-corrected chi connectivity index (χ2v) is 6.05. The van der Waals surface area contributed by atoms with Crippen molar-refractivity contribution in [2.24, 2.45) is 5.92 Å². The van der Waals surface area contributed by atoms with Crippen molar-refractivity contribution >= 4 is 5.69 Å². The van der Waals surface area contributed by atoms with Gasteiger partial charge in [-0.1, -0.05) is 19.3 Å². The lowest BCUT2D eigenvalue weighted by atomic mass is 9.90. The molecule has 1 saturated heterocycles. The number of benzene rings is 1. The third kappa shape index (κ3) is 3.66. The molecular formula is C17H26N2O. The molecule has 3 rings (SSSR count). The maximum Gasteiger partial charge on any atom is 0.119 e. The predicted octanol–water partition coefficient (Wildman–Crippen LogP) is 3.06. The Morgan fingerprint density at radius 1 is 1.00 bits per heavy atom. The molecule has 1 aliphatic heterocycles. The first kappa shape index (κ1) is 13.7. The zero-order chi connectivity index (χ0) is 13.6. The Hall–Kier alpha value is -1.22. The fraction of sp³-hybridized carbons (Fsp3) is 0.647. The third-order valence-corrected chi connectivity index (χ3v) is 4.53. The Kier molecular flexibility index (Phi) is 4.80. The summed E-state index contributed by atoms with van der Waals surface area (Å²) in [6.07, 6.45) is 6.87. The van der Waals surface area contributed by atoms with Crippen molar-refractivity contribution in [3.8, 4) is 5.75 Å². The number of rotatable bonds is 4. The molecular weight excluding hydrogens is 248 g/mol. The van der Waals surface area contributed by atoms with Crippen molar-refractivity contribution in [3.05, 3.63) is 24.3 Å². The van der Waals surface area contributed by atoms with Gasteiger partial charge in [-0.25, -0.2) is 0 Å². The van der Waals surface area contributed by atoms with Crippen LogP contribution in [0.25, 0.3) is 0 Å². The lowest BCUT2D eigenvalue weighted by Crippen LogP contribution is -2.43. The van der Waals surface area contributed by atoms with Crippen LogP contribution in [-0.4, -0.2) is 32.8 Å². The number of nitrogens with one attached hydrogen (secondary N) is 1. The van der Waals surface area contributed by atoms with E-state index in [4.69, 9.17) is 4.74 Å². The molecule has 1 N–H and O–H groups in total. The number of hydrogen-bond donors (Lipinski definition) is 1. The second-order valence-electron chi connectivity index (χ2n) is 6.05. The fourth-order valence-electron chi connectivity index (χ4n) is 3.24. The molecule has 2 fully saturated rings. The highest BCUT2D eigenvalue weighted by molar-refractivity contribution is 5.49. The monoisotopic (exact) mass is 274 g/mol. The van der Waals surface area contributed by atoms with Crippen LogP contribution in [0.1, 0.15) is 32.1 Å². The van der Waals surface area contributed by atoms with Gasteiger partial charge >= 0.3 is 0 Å². The molecule has 0 aromatic heterocycles.